The van der Waals surface area contributed by atoms with Gasteiger partial charge in [0.1, 0.15) is 6.10 Å². The van der Waals surface area contributed by atoms with Gasteiger partial charge in [-0.2, -0.15) is 0 Å². The molecular weight excluding hydrogens is 228 g/mol. The van der Waals surface area contributed by atoms with E-state index in [1.54, 1.807) is 19.4 Å². The largest absolute Gasteiger partial charge is 0.473 e. The summed E-state index contributed by atoms with van der Waals surface area (Å²) in [5.41, 5.74) is 0.813. The van der Waals surface area contributed by atoms with Gasteiger partial charge in [-0.15, -0.1) is 0 Å². The van der Waals surface area contributed by atoms with Crippen molar-refractivity contribution in [3.8, 4) is 5.88 Å². The molecular formula is C11H15ClN2O2. The predicted octanol–water partition coefficient (Wildman–Crippen LogP) is 2.33. The molecule has 16 heavy (non-hydrogen) atoms. The molecule has 2 rings (SSSR count). The minimum Gasteiger partial charge on any atom is -0.473 e. The highest BCUT2D eigenvalue weighted by Crippen LogP contribution is 2.31. The zero-order valence-corrected chi connectivity index (χ0v) is 10.1. The molecule has 0 aliphatic heterocycles. The first-order chi connectivity index (χ1) is 7.72. The summed E-state index contributed by atoms with van der Waals surface area (Å²) >= 11 is 5.85. The quantitative estimate of drug-likeness (QED) is 0.880. The van der Waals surface area contributed by atoms with Gasteiger partial charge in [-0.25, -0.2) is 4.98 Å². The van der Waals surface area contributed by atoms with Crippen LogP contribution in [0.4, 0.5) is 5.69 Å². The van der Waals surface area contributed by atoms with E-state index in [0.717, 1.165) is 18.5 Å². The lowest BCUT2D eigenvalue weighted by atomic mass is 9.92. The molecule has 0 saturated heterocycles. The third-order valence-electron chi connectivity index (χ3n) is 2.75. The zero-order chi connectivity index (χ0) is 11.5. The Morgan fingerprint density at radius 1 is 1.44 bits per heavy atom. The van der Waals surface area contributed by atoms with E-state index in [9.17, 15) is 0 Å². The van der Waals surface area contributed by atoms with E-state index in [-0.39, 0.29) is 6.10 Å². The fourth-order valence-corrected chi connectivity index (χ4v) is 1.82. The molecule has 0 atom stereocenters. The summed E-state index contributed by atoms with van der Waals surface area (Å²) in [6, 6.07) is 1.80. The number of methoxy groups -OCH3 is 1. The van der Waals surface area contributed by atoms with Gasteiger partial charge in [0.25, 0.3) is 0 Å². The summed E-state index contributed by atoms with van der Waals surface area (Å²) < 4.78 is 10.9. The van der Waals surface area contributed by atoms with E-state index in [1.807, 2.05) is 7.05 Å². The van der Waals surface area contributed by atoms with Crippen LogP contribution in [-0.4, -0.2) is 31.3 Å². The molecule has 0 spiro atoms. The van der Waals surface area contributed by atoms with Crippen LogP contribution in [0.5, 0.6) is 5.88 Å². The first-order valence-corrected chi connectivity index (χ1v) is 5.63. The Balaban J connectivity index is 1.99. The van der Waals surface area contributed by atoms with Crippen LogP contribution in [0.1, 0.15) is 12.8 Å². The summed E-state index contributed by atoms with van der Waals surface area (Å²) in [6.07, 6.45) is 3.96. The Hall–Kier alpha value is -1.00. The molecule has 1 fully saturated rings. The summed E-state index contributed by atoms with van der Waals surface area (Å²) in [5, 5.41) is 3.61. The molecule has 1 aromatic heterocycles. The molecule has 1 heterocycles. The SMILES string of the molecule is CNc1cc(Cl)cnc1O[C@H]1C[C@@H](OC)C1. The zero-order valence-electron chi connectivity index (χ0n) is 9.37. The van der Waals surface area contributed by atoms with Gasteiger partial charge >= 0.3 is 0 Å². The maximum atomic E-state index is 5.85. The summed E-state index contributed by atoms with van der Waals surface area (Å²) in [4.78, 5) is 4.16. The van der Waals surface area contributed by atoms with Crippen LogP contribution in [-0.2, 0) is 4.74 Å². The van der Waals surface area contributed by atoms with Crippen LogP contribution in [0.15, 0.2) is 12.3 Å². The van der Waals surface area contributed by atoms with E-state index in [4.69, 9.17) is 21.1 Å². The maximum absolute atomic E-state index is 5.85. The molecule has 1 N–H and O–H groups in total. The number of pyridine rings is 1. The van der Waals surface area contributed by atoms with Crippen LogP contribution < -0.4 is 10.1 Å². The van der Waals surface area contributed by atoms with Gasteiger partial charge < -0.3 is 14.8 Å². The van der Waals surface area contributed by atoms with Crippen molar-refractivity contribution in [2.45, 2.75) is 25.0 Å². The lowest BCUT2D eigenvalue weighted by Crippen LogP contribution is -2.39. The number of anilines is 1. The van der Waals surface area contributed by atoms with Gasteiger partial charge in [0.15, 0.2) is 0 Å². The smallest absolute Gasteiger partial charge is 0.237 e. The van der Waals surface area contributed by atoms with Crippen molar-refractivity contribution in [3.63, 3.8) is 0 Å². The van der Waals surface area contributed by atoms with Gasteiger partial charge in [0.05, 0.1) is 16.8 Å². The third kappa shape index (κ3) is 2.39. The van der Waals surface area contributed by atoms with Crippen molar-refractivity contribution in [1.29, 1.82) is 0 Å². The van der Waals surface area contributed by atoms with Gasteiger partial charge in [-0.3, -0.25) is 0 Å². The van der Waals surface area contributed by atoms with Gasteiger partial charge in [-0.05, 0) is 6.07 Å². The summed E-state index contributed by atoms with van der Waals surface area (Å²) in [7, 11) is 3.54. The molecule has 1 aromatic rings. The van der Waals surface area contributed by atoms with Gasteiger partial charge in [0, 0.05) is 33.2 Å². The first-order valence-electron chi connectivity index (χ1n) is 5.25. The molecule has 1 aliphatic carbocycles. The summed E-state index contributed by atoms with van der Waals surface area (Å²) in [5.74, 6) is 0.603. The van der Waals surface area contributed by atoms with Crippen LogP contribution in [0, 0.1) is 0 Å². The third-order valence-corrected chi connectivity index (χ3v) is 2.96. The van der Waals surface area contributed by atoms with Crippen LogP contribution in [0.3, 0.4) is 0 Å². The Morgan fingerprint density at radius 3 is 2.81 bits per heavy atom. The number of rotatable bonds is 4. The molecule has 0 bridgehead atoms. The van der Waals surface area contributed by atoms with Crippen LogP contribution in [0.2, 0.25) is 5.02 Å². The standard InChI is InChI=1S/C11H15ClN2O2/c1-13-10-3-7(12)6-14-11(10)16-9-4-8(5-9)15-2/h3,6,8-9,13H,4-5H2,1-2H3/t8-,9+. The highest BCUT2D eigenvalue weighted by atomic mass is 35.5. The summed E-state index contributed by atoms with van der Waals surface area (Å²) in [6.45, 7) is 0. The Bertz CT molecular complexity index is 367. The van der Waals surface area contributed by atoms with Crippen molar-refractivity contribution < 1.29 is 9.47 Å². The number of hydrogen-bond acceptors (Lipinski definition) is 4. The van der Waals surface area contributed by atoms with Gasteiger partial charge in [0.2, 0.25) is 5.88 Å². The second kappa shape index (κ2) is 4.89. The number of aromatic nitrogens is 1. The fraction of sp³-hybridized carbons (Fsp3) is 0.545. The van der Waals surface area contributed by atoms with E-state index in [1.165, 1.54) is 0 Å². The van der Waals surface area contributed by atoms with E-state index >= 15 is 0 Å². The highest BCUT2D eigenvalue weighted by molar-refractivity contribution is 6.30. The molecule has 4 nitrogen and oxygen atoms in total. The van der Waals surface area contributed by atoms with Crippen molar-refractivity contribution >= 4 is 17.3 Å². The molecule has 1 saturated carbocycles. The topological polar surface area (TPSA) is 43.4 Å². The molecule has 0 amide bonds. The number of hydrogen-bond donors (Lipinski definition) is 1. The van der Waals surface area contributed by atoms with Crippen LogP contribution >= 0.6 is 11.6 Å². The average Bonchev–Trinajstić information content (AvgIpc) is 2.24. The van der Waals surface area contributed by atoms with Crippen molar-refractivity contribution in [2.24, 2.45) is 0 Å². The molecule has 0 unspecified atom stereocenters. The first kappa shape index (κ1) is 11.5. The maximum Gasteiger partial charge on any atom is 0.237 e. The van der Waals surface area contributed by atoms with Gasteiger partial charge in [-0.1, -0.05) is 11.6 Å². The van der Waals surface area contributed by atoms with E-state index in [2.05, 4.69) is 10.3 Å². The molecule has 5 heteroatoms. The van der Waals surface area contributed by atoms with E-state index in [0.29, 0.717) is 17.0 Å². The van der Waals surface area contributed by atoms with Crippen LogP contribution in [0.25, 0.3) is 0 Å². The normalized spacial score (nSPS) is 23.7. The fourth-order valence-electron chi connectivity index (χ4n) is 1.66. The lowest BCUT2D eigenvalue weighted by molar-refractivity contribution is -0.0393. The molecule has 0 radical (unpaired) electrons. The minimum atomic E-state index is 0.200. The Labute approximate surface area is 99.9 Å². The van der Waals surface area contributed by atoms with Crippen molar-refractivity contribution in [1.82, 2.24) is 4.98 Å². The molecule has 0 aromatic carbocycles. The monoisotopic (exact) mass is 242 g/mol. The van der Waals surface area contributed by atoms with Crippen molar-refractivity contribution in [2.75, 3.05) is 19.5 Å². The number of halogens is 1. The second-order valence-electron chi connectivity index (χ2n) is 3.83. The highest BCUT2D eigenvalue weighted by Gasteiger charge is 2.31. The Kier molecular flexibility index (Phi) is 3.51. The van der Waals surface area contributed by atoms with E-state index < -0.39 is 0 Å². The number of nitrogens with zero attached hydrogens (tertiary/aromatic N) is 1. The number of ether oxygens (including phenoxy) is 2. The Morgan fingerprint density at radius 2 is 2.19 bits per heavy atom. The molecule has 88 valence electrons. The minimum absolute atomic E-state index is 0.200. The average molecular weight is 243 g/mol. The lowest BCUT2D eigenvalue weighted by Gasteiger charge is -2.34. The predicted molar refractivity (Wildman–Crippen MR) is 63.2 cm³/mol. The number of nitrogens with one attached hydrogen (secondary N) is 1. The second-order valence-corrected chi connectivity index (χ2v) is 4.26. The van der Waals surface area contributed by atoms with Crippen molar-refractivity contribution in [3.05, 3.63) is 17.3 Å². The molecule has 1 aliphatic rings.